The molecule has 3 aliphatic heterocycles. The summed E-state index contributed by atoms with van der Waals surface area (Å²) in [6, 6.07) is 0. The largest absolute Gasteiger partial charge is 0.377 e. The van der Waals surface area contributed by atoms with E-state index in [4.69, 9.17) is 14.2 Å². The Morgan fingerprint density at radius 1 is 1.20 bits per heavy atom. The van der Waals surface area contributed by atoms with Gasteiger partial charge in [0.05, 0.1) is 26.4 Å². The first kappa shape index (κ1) is 14.3. The van der Waals surface area contributed by atoms with Gasteiger partial charge in [-0.05, 0) is 19.9 Å². The number of amides is 1. The first-order valence-electron chi connectivity index (χ1n) is 7.49. The number of hydrogen-bond acceptors (Lipinski definition) is 5. The highest BCUT2D eigenvalue weighted by atomic mass is 16.5. The topological polar surface area (TPSA) is 51.2 Å². The van der Waals surface area contributed by atoms with Crippen LogP contribution in [-0.2, 0) is 19.0 Å². The monoisotopic (exact) mass is 284 g/mol. The Hall–Kier alpha value is -0.690. The van der Waals surface area contributed by atoms with Gasteiger partial charge in [0.1, 0.15) is 11.7 Å². The molecule has 0 aliphatic carbocycles. The molecule has 0 N–H and O–H groups in total. The first-order chi connectivity index (χ1) is 9.69. The molecular weight excluding hydrogens is 260 g/mol. The summed E-state index contributed by atoms with van der Waals surface area (Å²) in [6.07, 6.45) is 1.59. The third-order valence-corrected chi connectivity index (χ3v) is 4.31. The zero-order valence-electron chi connectivity index (χ0n) is 12.2. The molecule has 114 valence electrons. The molecule has 0 aromatic heterocycles. The van der Waals surface area contributed by atoms with Gasteiger partial charge in [0, 0.05) is 26.2 Å². The lowest BCUT2D eigenvalue weighted by atomic mass is 10.0. The number of nitrogens with zero attached hydrogens (tertiary/aromatic N) is 2. The lowest BCUT2D eigenvalue weighted by molar-refractivity contribution is -0.167. The van der Waals surface area contributed by atoms with Crippen molar-refractivity contribution in [2.45, 2.75) is 24.5 Å². The van der Waals surface area contributed by atoms with E-state index in [9.17, 15) is 4.79 Å². The first-order valence-corrected chi connectivity index (χ1v) is 7.49. The normalized spacial score (nSPS) is 36.2. The molecule has 2 unspecified atom stereocenters. The number of rotatable bonds is 1. The number of ether oxygens (including phenoxy) is 3. The van der Waals surface area contributed by atoms with E-state index >= 15 is 0 Å². The molecule has 6 heteroatoms. The van der Waals surface area contributed by atoms with Crippen LogP contribution in [0, 0.1) is 0 Å². The Morgan fingerprint density at radius 2 is 2.10 bits per heavy atom. The molecule has 3 saturated heterocycles. The van der Waals surface area contributed by atoms with Gasteiger partial charge in [0.25, 0.3) is 5.91 Å². The molecule has 3 aliphatic rings. The average molecular weight is 284 g/mol. The van der Waals surface area contributed by atoms with Crippen molar-refractivity contribution in [2.24, 2.45) is 0 Å². The van der Waals surface area contributed by atoms with Crippen molar-refractivity contribution in [1.29, 1.82) is 0 Å². The van der Waals surface area contributed by atoms with Gasteiger partial charge >= 0.3 is 0 Å². The van der Waals surface area contributed by atoms with Crippen LogP contribution in [0.1, 0.15) is 12.8 Å². The van der Waals surface area contributed by atoms with E-state index in [1.165, 1.54) is 0 Å². The van der Waals surface area contributed by atoms with Crippen molar-refractivity contribution >= 4 is 5.91 Å². The number of likely N-dealkylation sites (N-methyl/N-ethyl adjacent to an activating group) is 1. The maximum Gasteiger partial charge on any atom is 0.251 e. The molecule has 1 amide bonds. The summed E-state index contributed by atoms with van der Waals surface area (Å²) in [5, 5.41) is 0. The maximum absolute atomic E-state index is 12.5. The number of hydrogen-bond donors (Lipinski definition) is 0. The van der Waals surface area contributed by atoms with Gasteiger partial charge in [-0.3, -0.25) is 4.79 Å². The van der Waals surface area contributed by atoms with Crippen LogP contribution in [0.15, 0.2) is 0 Å². The molecule has 20 heavy (non-hydrogen) atoms. The highest BCUT2D eigenvalue weighted by molar-refractivity contribution is 5.81. The molecule has 0 bridgehead atoms. The van der Waals surface area contributed by atoms with Gasteiger partial charge in [-0.15, -0.1) is 0 Å². The minimum atomic E-state index is -0.377. The molecule has 0 aromatic carbocycles. The summed E-state index contributed by atoms with van der Waals surface area (Å²) in [4.78, 5) is 16.6. The lowest BCUT2D eigenvalue weighted by Gasteiger charge is -2.43. The maximum atomic E-state index is 12.5. The minimum absolute atomic E-state index is 0.122. The van der Waals surface area contributed by atoms with E-state index in [2.05, 4.69) is 11.9 Å². The fourth-order valence-electron chi connectivity index (χ4n) is 3.29. The van der Waals surface area contributed by atoms with E-state index in [1.807, 2.05) is 4.90 Å². The van der Waals surface area contributed by atoms with Crippen molar-refractivity contribution in [1.82, 2.24) is 9.80 Å². The highest BCUT2D eigenvalue weighted by Gasteiger charge is 2.42. The Labute approximate surface area is 119 Å². The second-order valence-corrected chi connectivity index (χ2v) is 6.08. The van der Waals surface area contributed by atoms with Crippen LogP contribution >= 0.6 is 0 Å². The van der Waals surface area contributed by atoms with Gasteiger partial charge in [0.15, 0.2) is 0 Å². The van der Waals surface area contributed by atoms with Crippen molar-refractivity contribution in [3.8, 4) is 0 Å². The molecule has 2 atom stereocenters. The molecule has 3 fully saturated rings. The number of carbonyl (C=O) groups excluding carboxylic acids is 1. The molecular formula is C14H24N2O4. The van der Waals surface area contributed by atoms with E-state index in [-0.39, 0.29) is 17.6 Å². The Balaban J connectivity index is 1.67. The second kappa shape index (κ2) is 5.97. The summed E-state index contributed by atoms with van der Waals surface area (Å²) >= 11 is 0. The minimum Gasteiger partial charge on any atom is -0.377 e. The van der Waals surface area contributed by atoms with Crippen LogP contribution in [0.3, 0.4) is 0 Å². The van der Waals surface area contributed by atoms with Gasteiger partial charge in [-0.1, -0.05) is 0 Å². The molecule has 1 spiro atoms. The Bertz CT molecular complexity index is 359. The van der Waals surface area contributed by atoms with E-state index in [0.29, 0.717) is 32.9 Å². The Morgan fingerprint density at radius 3 is 2.90 bits per heavy atom. The van der Waals surface area contributed by atoms with Crippen LogP contribution in [-0.4, -0.2) is 87.1 Å². The van der Waals surface area contributed by atoms with E-state index < -0.39 is 0 Å². The summed E-state index contributed by atoms with van der Waals surface area (Å²) in [6.45, 7) is 5.55. The zero-order chi connectivity index (χ0) is 14.0. The summed E-state index contributed by atoms with van der Waals surface area (Å²) in [7, 11) is 2.07. The highest BCUT2D eigenvalue weighted by Crippen LogP contribution is 2.24. The van der Waals surface area contributed by atoms with Crippen molar-refractivity contribution < 1.29 is 19.0 Å². The van der Waals surface area contributed by atoms with Crippen LogP contribution < -0.4 is 0 Å². The number of carbonyl (C=O) groups is 1. The molecule has 6 nitrogen and oxygen atoms in total. The summed E-state index contributed by atoms with van der Waals surface area (Å²) in [5.74, 6) is 0.122. The average Bonchev–Trinajstić information content (AvgIpc) is 2.91. The predicted molar refractivity (Wildman–Crippen MR) is 72.6 cm³/mol. The van der Waals surface area contributed by atoms with Gasteiger partial charge < -0.3 is 24.0 Å². The van der Waals surface area contributed by atoms with Crippen molar-refractivity contribution in [3.05, 3.63) is 0 Å². The predicted octanol–water partition coefficient (Wildman–Crippen LogP) is -0.275. The zero-order valence-corrected chi connectivity index (χ0v) is 12.2. The van der Waals surface area contributed by atoms with Gasteiger partial charge in [0.2, 0.25) is 0 Å². The van der Waals surface area contributed by atoms with E-state index in [1.54, 1.807) is 0 Å². The van der Waals surface area contributed by atoms with Crippen LogP contribution in [0.5, 0.6) is 0 Å². The van der Waals surface area contributed by atoms with Gasteiger partial charge in [-0.25, -0.2) is 0 Å². The molecule has 0 aromatic rings. The number of morpholine rings is 1. The van der Waals surface area contributed by atoms with Crippen LogP contribution in [0.2, 0.25) is 0 Å². The van der Waals surface area contributed by atoms with Gasteiger partial charge in [-0.2, -0.15) is 0 Å². The quantitative estimate of drug-likeness (QED) is 0.663. The molecule has 0 radical (unpaired) electrons. The fraction of sp³-hybridized carbons (Fsp3) is 0.929. The van der Waals surface area contributed by atoms with E-state index in [0.717, 1.165) is 32.5 Å². The smallest absolute Gasteiger partial charge is 0.251 e. The SMILES string of the molecule is CN1CCOCC2(C1)CN(C(=O)C1CCCO1)CCO2. The Kier molecular flexibility index (Phi) is 4.26. The second-order valence-electron chi connectivity index (χ2n) is 6.08. The van der Waals surface area contributed by atoms with Crippen molar-refractivity contribution in [3.63, 3.8) is 0 Å². The molecule has 3 rings (SSSR count). The van der Waals surface area contributed by atoms with Crippen molar-refractivity contribution in [2.75, 3.05) is 59.7 Å². The fourth-order valence-corrected chi connectivity index (χ4v) is 3.29. The summed E-state index contributed by atoms with van der Waals surface area (Å²) in [5.41, 5.74) is -0.377. The van der Waals surface area contributed by atoms with Crippen LogP contribution in [0.4, 0.5) is 0 Å². The van der Waals surface area contributed by atoms with Crippen LogP contribution in [0.25, 0.3) is 0 Å². The molecule has 0 saturated carbocycles. The summed E-state index contributed by atoms with van der Waals surface area (Å²) < 4.78 is 17.2. The lowest BCUT2D eigenvalue weighted by Crippen LogP contribution is -2.60. The third-order valence-electron chi connectivity index (χ3n) is 4.31. The molecule has 3 heterocycles. The standard InChI is InChI=1S/C14H24N2O4/c1-15-4-7-18-11-14(9-15)10-16(5-8-20-14)13(17)12-3-2-6-19-12/h12H,2-11H2,1H3. The third kappa shape index (κ3) is 2.98.